The molecule has 1 N–H and O–H groups in total. The molecule has 0 aromatic rings. The summed E-state index contributed by atoms with van der Waals surface area (Å²) in [6, 6.07) is 0. The number of rotatable bonds is 8. The van der Waals surface area contributed by atoms with Gasteiger partial charge in [-0.2, -0.15) is 8.42 Å². The van der Waals surface area contributed by atoms with Gasteiger partial charge in [0.25, 0.3) is 10.1 Å². The van der Waals surface area contributed by atoms with Crippen molar-refractivity contribution in [2.45, 2.75) is 31.8 Å². The van der Waals surface area contributed by atoms with Gasteiger partial charge in [-0.3, -0.25) is 4.18 Å². The van der Waals surface area contributed by atoms with Crippen LogP contribution in [0.2, 0.25) is 0 Å². The van der Waals surface area contributed by atoms with E-state index in [9.17, 15) is 8.42 Å². The lowest BCUT2D eigenvalue weighted by Gasteiger charge is -2.12. The van der Waals surface area contributed by atoms with Crippen molar-refractivity contribution in [1.82, 2.24) is 0 Å². The number of hydrogen-bond acceptors (Lipinski definition) is 5. The molecule has 96 valence electrons. The average Bonchev–Trinajstić information content (AvgIpc) is 2.95. The van der Waals surface area contributed by atoms with E-state index in [4.69, 9.17) is 14.0 Å². The molecule has 0 radical (unpaired) electrons. The molecule has 1 rings (SSSR count). The molecule has 2 atom stereocenters. The summed E-state index contributed by atoms with van der Waals surface area (Å²) in [5.74, 6) is 0.284. The standard InChI is InChI=1S/C10H20O5S/c1-9(6-11)4-3-5-10(7-14-10)8-15-16(2,12)13/h9,11H,3-8H2,1-2H3/t9-,10+/m0/s1. The Labute approximate surface area is 96.9 Å². The maximum absolute atomic E-state index is 10.8. The molecule has 1 heterocycles. The van der Waals surface area contributed by atoms with Crippen molar-refractivity contribution >= 4 is 10.1 Å². The number of aliphatic hydroxyl groups excluding tert-OH is 1. The van der Waals surface area contributed by atoms with Gasteiger partial charge < -0.3 is 9.84 Å². The lowest BCUT2D eigenvalue weighted by Crippen LogP contribution is -2.22. The van der Waals surface area contributed by atoms with Crippen molar-refractivity contribution in [3.63, 3.8) is 0 Å². The zero-order chi connectivity index (χ0) is 12.2. The van der Waals surface area contributed by atoms with Crippen molar-refractivity contribution in [3.8, 4) is 0 Å². The minimum atomic E-state index is -3.38. The largest absolute Gasteiger partial charge is 0.396 e. The summed E-state index contributed by atoms with van der Waals surface area (Å²) < 4.78 is 31.6. The van der Waals surface area contributed by atoms with Crippen molar-refractivity contribution < 1.29 is 22.4 Å². The van der Waals surface area contributed by atoms with Crippen molar-refractivity contribution in [1.29, 1.82) is 0 Å². The van der Waals surface area contributed by atoms with E-state index in [2.05, 4.69) is 0 Å². The molecule has 6 heteroatoms. The van der Waals surface area contributed by atoms with E-state index in [-0.39, 0.29) is 19.1 Å². The minimum Gasteiger partial charge on any atom is -0.396 e. The molecule has 0 spiro atoms. The summed E-state index contributed by atoms with van der Waals surface area (Å²) in [6.07, 6.45) is 3.65. The summed E-state index contributed by atoms with van der Waals surface area (Å²) in [5, 5.41) is 8.85. The van der Waals surface area contributed by atoms with Gasteiger partial charge in [-0.15, -0.1) is 0 Å². The topological polar surface area (TPSA) is 76.1 Å². The van der Waals surface area contributed by atoms with Crippen LogP contribution in [-0.4, -0.2) is 45.2 Å². The smallest absolute Gasteiger partial charge is 0.264 e. The quantitative estimate of drug-likeness (QED) is 0.504. The van der Waals surface area contributed by atoms with Gasteiger partial charge in [-0.1, -0.05) is 13.3 Å². The molecule has 0 aromatic heterocycles. The third-order valence-corrected chi connectivity index (χ3v) is 3.28. The fourth-order valence-corrected chi connectivity index (χ4v) is 1.91. The van der Waals surface area contributed by atoms with E-state index in [1.54, 1.807) is 0 Å². The van der Waals surface area contributed by atoms with Crippen LogP contribution >= 0.6 is 0 Å². The molecule has 0 saturated carbocycles. The van der Waals surface area contributed by atoms with E-state index in [0.29, 0.717) is 6.61 Å². The molecular weight excluding hydrogens is 232 g/mol. The van der Waals surface area contributed by atoms with Gasteiger partial charge in [-0.25, -0.2) is 0 Å². The van der Waals surface area contributed by atoms with Crippen LogP contribution in [0.1, 0.15) is 26.2 Å². The number of aliphatic hydroxyl groups is 1. The van der Waals surface area contributed by atoms with Crippen molar-refractivity contribution in [2.24, 2.45) is 5.92 Å². The summed E-state index contributed by atoms with van der Waals surface area (Å²) in [4.78, 5) is 0. The van der Waals surface area contributed by atoms with Crippen LogP contribution in [0.5, 0.6) is 0 Å². The molecule has 0 aliphatic carbocycles. The van der Waals surface area contributed by atoms with E-state index >= 15 is 0 Å². The molecule has 0 aromatic carbocycles. The lowest BCUT2D eigenvalue weighted by atomic mass is 9.99. The van der Waals surface area contributed by atoms with Gasteiger partial charge in [0.15, 0.2) is 0 Å². The SMILES string of the molecule is C[C@H](CO)CCC[C@]1(COS(C)(=O)=O)CO1. The molecule has 1 aliphatic heterocycles. The maximum Gasteiger partial charge on any atom is 0.264 e. The van der Waals surface area contributed by atoms with E-state index in [1.165, 1.54) is 0 Å². The number of hydrogen-bond donors (Lipinski definition) is 1. The molecule has 5 nitrogen and oxygen atoms in total. The van der Waals surface area contributed by atoms with Crippen LogP contribution in [0.15, 0.2) is 0 Å². The Morgan fingerprint density at radius 3 is 2.62 bits per heavy atom. The zero-order valence-electron chi connectivity index (χ0n) is 9.81. The van der Waals surface area contributed by atoms with Crippen molar-refractivity contribution in [2.75, 3.05) is 26.1 Å². The van der Waals surface area contributed by atoms with E-state index in [0.717, 1.165) is 25.5 Å². The van der Waals surface area contributed by atoms with Gasteiger partial charge in [0.05, 0.1) is 19.5 Å². The molecule has 0 bridgehead atoms. The second-order valence-electron chi connectivity index (χ2n) is 4.62. The Morgan fingerprint density at radius 2 is 2.19 bits per heavy atom. The molecule has 0 amide bonds. The lowest BCUT2D eigenvalue weighted by molar-refractivity contribution is 0.175. The van der Waals surface area contributed by atoms with Crippen LogP contribution in [-0.2, 0) is 19.0 Å². The summed E-state index contributed by atoms with van der Waals surface area (Å²) in [5.41, 5.74) is -0.391. The maximum atomic E-state index is 10.8. The predicted molar refractivity (Wildman–Crippen MR) is 59.6 cm³/mol. The number of epoxide rings is 1. The van der Waals surface area contributed by atoms with Gasteiger partial charge >= 0.3 is 0 Å². The minimum absolute atomic E-state index is 0.110. The third-order valence-electron chi connectivity index (χ3n) is 2.73. The van der Waals surface area contributed by atoms with E-state index in [1.807, 2.05) is 6.92 Å². The molecule has 1 aliphatic rings. The highest BCUT2D eigenvalue weighted by atomic mass is 32.2. The van der Waals surface area contributed by atoms with Gasteiger partial charge in [0.2, 0.25) is 0 Å². The molecule has 0 unspecified atom stereocenters. The van der Waals surface area contributed by atoms with Crippen LogP contribution in [0.4, 0.5) is 0 Å². The van der Waals surface area contributed by atoms with E-state index < -0.39 is 15.7 Å². The number of ether oxygens (including phenoxy) is 1. The Hall–Kier alpha value is -0.170. The van der Waals surface area contributed by atoms with Gasteiger partial charge in [0, 0.05) is 6.61 Å². The zero-order valence-corrected chi connectivity index (χ0v) is 10.6. The monoisotopic (exact) mass is 252 g/mol. The van der Waals surface area contributed by atoms with Gasteiger partial charge in [-0.05, 0) is 18.8 Å². The second-order valence-corrected chi connectivity index (χ2v) is 6.26. The normalized spacial score (nSPS) is 26.7. The first-order chi connectivity index (χ1) is 7.37. The average molecular weight is 252 g/mol. The molecule has 1 fully saturated rings. The highest BCUT2D eigenvalue weighted by Gasteiger charge is 2.45. The Morgan fingerprint density at radius 1 is 1.56 bits per heavy atom. The second kappa shape index (κ2) is 5.44. The van der Waals surface area contributed by atoms with Crippen molar-refractivity contribution in [3.05, 3.63) is 0 Å². The van der Waals surface area contributed by atoms with Crippen LogP contribution in [0, 0.1) is 5.92 Å². The van der Waals surface area contributed by atoms with Crippen LogP contribution in [0.25, 0.3) is 0 Å². The van der Waals surface area contributed by atoms with Gasteiger partial charge in [0.1, 0.15) is 5.60 Å². The van der Waals surface area contributed by atoms with Crippen LogP contribution < -0.4 is 0 Å². The summed E-state index contributed by atoms with van der Waals surface area (Å²) in [6.45, 7) is 2.84. The highest BCUT2D eigenvalue weighted by molar-refractivity contribution is 7.85. The fraction of sp³-hybridized carbons (Fsp3) is 1.00. The Bertz CT molecular complexity index is 307. The predicted octanol–water partition coefficient (Wildman–Crippen LogP) is 0.530. The Kier molecular flexibility index (Phi) is 4.73. The fourth-order valence-electron chi connectivity index (χ4n) is 1.48. The highest BCUT2D eigenvalue weighted by Crippen LogP contribution is 2.33. The summed E-state index contributed by atoms with van der Waals surface area (Å²) in [7, 11) is -3.38. The molecule has 1 saturated heterocycles. The third kappa shape index (κ3) is 5.25. The van der Waals surface area contributed by atoms with Crippen LogP contribution in [0.3, 0.4) is 0 Å². The first kappa shape index (κ1) is 13.9. The molecular formula is C10H20O5S. The first-order valence-corrected chi connectivity index (χ1v) is 7.28. The first-order valence-electron chi connectivity index (χ1n) is 5.46. The summed E-state index contributed by atoms with van der Waals surface area (Å²) >= 11 is 0. The Balaban J connectivity index is 2.20. The molecule has 16 heavy (non-hydrogen) atoms.